The Morgan fingerprint density at radius 3 is 2.38 bits per heavy atom. The Morgan fingerprint density at radius 1 is 1.00 bits per heavy atom. The van der Waals surface area contributed by atoms with E-state index in [1.807, 2.05) is 24.3 Å². The Hall–Kier alpha value is -4.67. The average molecular weight is 829 g/mol. The predicted molar refractivity (Wildman–Crippen MR) is 215 cm³/mol. The molecule has 60 heavy (non-hydrogen) atoms. The molecule has 3 saturated carbocycles. The topological polar surface area (TPSA) is 182 Å². The first-order valence-electron chi connectivity index (χ1n) is 21.1. The van der Waals surface area contributed by atoms with Crippen molar-refractivity contribution in [3.63, 3.8) is 0 Å². The summed E-state index contributed by atoms with van der Waals surface area (Å²) >= 11 is 0. The van der Waals surface area contributed by atoms with E-state index in [0.29, 0.717) is 11.1 Å². The van der Waals surface area contributed by atoms with Crippen molar-refractivity contribution in [2.24, 2.45) is 17.3 Å². The number of carbonyl (C=O) groups is 5. The van der Waals surface area contributed by atoms with Gasteiger partial charge in [-0.1, -0.05) is 36.4 Å². The van der Waals surface area contributed by atoms with E-state index in [9.17, 15) is 29.1 Å². The van der Waals surface area contributed by atoms with Crippen LogP contribution < -0.4 is 10.6 Å². The van der Waals surface area contributed by atoms with Gasteiger partial charge in [-0.15, -0.1) is 0 Å². The van der Waals surface area contributed by atoms with Crippen LogP contribution in [0.25, 0.3) is 6.08 Å². The number of likely N-dealkylation sites (N-methyl/N-ethyl adjacent to an activating group) is 1. The normalized spacial score (nSPS) is 28.4. The quantitative estimate of drug-likeness (QED) is 0.176. The maximum absolute atomic E-state index is 14.9. The maximum atomic E-state index is 14.9. The summed E-state index contributed by atoms with van der Waals surface area (Å²) in [7, 11) is 3.36. The van der Waals surface area contributed by atoms with Crippen LogP contribution in [0.5, 0.6) is 0 Å². The van der Waals surface area contributed by atoms with Crippen molar-refractivity contribution in [1.82, 2.24) is 20.6 Å². The van der Waals surface area contributed by atoms with Crippen LogP contribution in [0.3, 0.4) is 0 Å². The summed E-state index contributed by atoms with van der Waals surface area (Å²) in [6.07, 6.45) is 4.74. The van der Waals surface area contributed by atoms with Gasteiger partial charge in [0.25, 0.3) is 5.91 Å². The number of aliphatic hydroxyl groups excluding tert-OH is 1. The van der Waals surface area contributed by atoms with E-state index in [4.69, 9.17) is 23.8 Å². The Morgan fingerprint density at radius 2 is 1.70 bits per heavy atom. The highest BCUT2D eigenvalue weighted by molar-refractivity contribution is 5.95. The van der Waals surface area contributed by atoms with Crippen LogP contribution in [0.4, 0.5) is 0 Å². The van der Waals surface area contributed by atoms with E-state index in [2.05, 4.69) is 10.6 Å². The third-order valence-corrected chi connectivity index (χ3v) is 12.4. The fraction of sp³-hybridized carbons (Fsp3) is 0.578. The molecule has 15 nitrogen and oxygen atoms in total. The van der Waals surface area contributed by atoms with Crippen molar-refractivity contribution < 1.29 is 52.9 Å². The van der Waals surface area contributed by atoms with Crippen LogP contribution in [0.15, 0.2) is 54.6 Å². The lowest BCUT2D eigenvalue weighted by atomic mass is 9.62. The van der Waals surface area contributed by atoms with Gasteiger partial charge in [0.1, 0.15) is 35.4 Å². The third kappa shape index (κ3) is 8.34. The second-order valence-electron chi connectivity index (χ2n) is 18.3. The number of fused-ring (bicyclic) bond motifs is 4. The first-order valence-corrected chi connectivity index (χ1v) is 21.1. The number of benzene rings is 2. The molecule has 6 aliphatic rings. The van der Waals surface area contributed by atoms with Gasteiger partial charge in [-0.3, -0.25) is 28.8 Å². The molecule has 0 spiro atoms. The lowest BCUT2D eigenvalue weighted by molar-refractivity contribution is -0.235. The van der Waals surface area contributed by atoms with E-state index in [1.165, 1.54) is 11.0 Å². The summed E-state index contributed by atoms with van der Waals surface area (Å²) in [4.78, 5) is 75.2. The monoisotopic (exact) mass is 828 g/mol. The second kappa shape index (κ2) is 16.3. The summed E-state index contributed by atoms with van der Waals surface area (Å²) in [6.45, 7) is 5.15. The lowest BCUT2D eigenvalue weighted by Crippen LogP contribution is -2.69. The smallest absolute Gasteiger partial charge is 0.327 e. The molecule has 2 bridgehead atoms. The van der Waals surface area contributed by atoms with Gasteiger partial charge < -0.3 is 39.6 Å². The van der Waals surface area contributed by atoms with Crippen LogP contribution in [-0.2, 0) is 56.1 Å². The molecule has 15 heteroatoms. The number of aliphatic hydroxyl groups is 1. The zero-order valence-corrected chi connectivity index (χ0v) is 34.9. The number of nitrogens with zero attached hydrogens (tertiary/aromatic N) is 2. The summed E-state index contributed by atoms with van der Waals surface area (Å²) in [5.74, 6) is -2.30. The fourth-order valence-electron chi connectivity index (χ4n) is 9.29. The molecule has 6 fully saturated rings. The minimum atomic E-state index is -1.39. The minimum absolute atomic E-state index is 0.0258. The SMILES string of the molecule is CN(C)C(=O)C=Cc1cccc(CN2OC3C4OC(C5CC5)(C5CC5)OC4C4CC3(C(=O)NCc3cccc(C(=O)NC(CO)CCC(=O)OC(C)(C)C)c3)C2C(=O)O4)c1. The number of amides is 3. The Balaban J connectivity index is 1.02. The number of esters is 2. The van der Waals surface area contributed by atoms with Gasteiger partial charge in [-0.25, -0.2) is 0 Å². The van der Waals surface area contributed by atoms with E-state index in [0.717, 1.165) is 36.8 Å². The molecular weight excluding hydrogens is 773 g/mol. The van der Waals surface area contributed by atoms with Crippen molar-refractivity contribution in [3.05, 3.63) is 76.9 Å². The molecule has 3 heterocycles. The molecular formula is C45H56N4O11. The van der Waals surface area contributed by atoms with Gasteiger partial charge in [0, 0.05) is 57.0 Å². The van der Waals surface area contributed by atoms with Gasteiger partial charge in [-0.2, -0.15) is 5.06 Å². The molecule has 2 aromatic rings. The predicted octanol–water partition coefficient (Wildman–Crippen LogP) is 3.42. The van der Waals surface area contributed by atoms with Crippen molar-refractivity contribution in [1.29, 1.82) is 0 Å². The molecule has 0 radical (unpaired) electrons. The lowest BCUT2D eigenvalue weighted by Gasteiger charge is -2.48. The molecule has 0 aromatic heterocycles. The number of hydrogen-bond acceptors (Lipinski definition) is 12. The number of hydrogen-bond donors (Lipinski definition) is 3. The Kier molecular flexibility index (Phi) is 11.4. The largest absolute Gasteiger partial charge is 0.460 e. The van der Waals surface area contributed by atoms with Crippen LogP contribution in [-0.4, -0.2) is 113 Å². The zero-order valence-electron chi connectivity index (χ0n) is 34.9. The number of nitrogens with one attached hydrogen (secondary N) is 2. The molecule has 2 aromatic carbocycles. The van der Waals surface area contributed by atoms with E-state index in [1.54, 1.807) is 70.3 Å². The first kappa shape index (κ1) is 42.0. The minimum Gasteiger partial charge on any atom is -0.460 e. The molecule has 3 saturated heterocycles. The van der Waals surface area contributed by atoms with Gasteiger partial charge in [0.2, 0.25) is 11.8 Å². The van der Waals surface area contributed by atoms with Crippen LogP contribution in [0, 0.1) is 17.3 Å². The van der Waals surface area contributed by atoms with Crippen molar-refractivity contribution in [2.75, 3.05) is 20.7 Å². The van der Waals surface area contributed by atoms with Crippen molar-refractivity contribution in [2.45, 2.75) is 127 Å². The molecule has 322 valence electrons. The molecule has 3 N–H and O–H groups in total. The van der Waals surface area contributed by atoms with E-state index in [-0.39, 0.29) is 56.7 Å². The number of rotatable bonds is 15. The van der Waals surface area contributed by atoms with E-state index < -0.39 is 77.1 Å². The number of hydroxylamine groups is 2. The standard InChI is InChI=1S/C45H56N4O11/c1-43(2,3)57-35(52)19-17-32(25-50)47-40(53)29-11-7-9-27(21-29)23-46-42(55)44-22-33-36-37(59-45(58-36,30-13-14-30)31-15-16-31)39(44)60-49(38(44)41(54)56-33)24-28-10-6-8-26(20-28)12-18-34(51)48(4)5/h6-12,18,20-21,30-33,36-39,50H,13-17,19,22-25H2,1-5H3,(H,46,55)(H,47,53). The van der Waals surface area contributed by atoms with Crippen LogP contribution >= 0.6 is 0 Å². The Bertz CT molecular complexity index is 2030. The molecule has 3 aliphatic carbocycles. The summed E-state index contributed by atoms with van der Waals surface area (Å²) in [5.41, 5.74) is 0.495. The highest BCUT2D eigenvalue weighted by atomic mass is 16.8. The number of carbonyl (C=O) groups excluding carboxylic acids is 5. The molecule has 7 unspecified atom stereocenters. The van der Waals surface area contributed by atoms with E-state index >= 15 is 0 Å². The molecule has 8 rings (SSSR count). The molecule has 7 atom stereocenters. The van der Waals surface area contributed by atoms with Crippen molar-refractivity contribution in [3.8, 4) is 0 Å². The highest BCUT2D eigenvalue weighted by Gasteiger charge is 2.78. The second-order valence-corrected chi connectivity index (χ2v) is 18.3. The third-order valence-electron chi connectivity index (χ3n) is 12.4. The molecule has 3 amide bonds. The highest BCUT2D eigenvalue weighted by Crippen LogP contribution is 2.63. The first-order chi connectivity index (χ1) is 28.6. The van der Waals surface area contributed by atoms with Gasteiger partial charge in [0.15, 0.2) is 11.8 Å². The van der Waals surface area contributed by atoms with Crippen molar-refractivity contribution >= 4 is 35.7 Å². The number of ether oxygens (including phenoxy) is 4. The fourth-order valence-corrected chi connectivity index (χ4v) is 9.29. The zero-order chi connectivity index (χ0) is 42.6. The van der Waals surface area contributed by atoms with Gasteiger partial charge >= 0.3 is 11.9 Å². The average Bonchev–Trinajstić information content (AvgIpc) is 4.16. The van der Waals surface area contributed by atoms with Gasteiger partial charge in [0.05, 0.1) is 19.2 Å². The maximum Gasteiger partial charge on any atom is 0.327 e. The molecule has 3 aliphatic heterocycles. The summed E-state index contributed by atoms with van der Waals surface area (Å²) in [6, 6.07) is 12.6. The van der Waals surface area contributed by atoms with Crippen LogP contribution in [0.2, 0.25) is 0 Å². The van der Waals surface area contributed by atoms with Gasteiger partial charge in [-0.05, 0) is 87.8 Å². The Labute approximate surface area is 350 Å². The van der Waals surface area contributed by atoms with Crippen LogP contribution in [0.1, 0.15) is 92.8 Å². The summed E-state index contributed by atoms with van der Waals surface area (Å²) in [5, 5.41) is 17.4. The summed E-state index contributed by atoms with van der Waals surface area (Å²) < 4.78 is 25.3.